The minimum atomic E-state index is -0.420. The molecule has 0 unspecified atom stereocenters. The molecule has 0 aliphatic heterocycles. The lowest BCUT2D eigenvalue weighted by atomic mass is 10.1. The summed E-state index contributed by atoms with van der Waals surface area (Å²) in [5.41, 5.74) is 6.60. The van der Waals surface area contributed by atoms with Crippen LogP contribution >= 0.6 is 0 Å². The highest BCUT2D eigenvalue weighted by Crippen LogP contribution is 2.13. The molecule has 0 amide bonds. The van der Waals surface area contributed by atoms with E-state index in [4.69, 9.17) is 15.9 Å². The highest BCUT2D eigenvalue weighted by atomic mass is 16.5. The third kappa shape index (κ3) is 3.67. The fraction of sp³-hybridized carbons (Fsp3) is 0.0667. The smallest absolute Gasteiger partial charge is 0.343 e. The fourth-order valence-electron chi connectivity index (χ4n) is 1.68. The fourth-order valence-corrected chi connectivity index (χ4v) is 1.68. The van der Waals surface area contributed by atoms with Crippen molar-refractivity contribution in [2.45, 2.75) is 6.42 Å². The van der Waals surface area contributed by atoms with Gasteiger partial charge in [0, 0.05) is 6.42 Å². The van der Waals surface area contributed by atoms with Crippen molar-refractivity contribution in [2.24, 2.45) is 5.73 Å². The van der Waals surface area contributed by atoms with E-state index < -0.39 is 5.97 Å². The quantitative estimate of drug-likeness (QED) is 0.380. The van der Waals surface area contributed by atoms with Crippen LogP contribution in [0.25, 0.3) is 0 Å². The van der Waals surface area contributed by atoms with E-state index in [-0.39, 0.29) is 5.84 Å². The minimum absolute atomic E-state index is 0.0635. The van der Waals surface area contributed by atoms with Gasteiger partial charge in [0.05, 0.1) is 11.4 Å². The molecule has 0 aliphatic carbocycles. The van der Waals surface area contributed by atoms with Crippen LogP contribution in [0.1, 0.15) is 15.9 Å². The zero-order valence-electron chi connectivity index (χ0n) is 10.3. The maximum absolute atomic E-state index is 11.9. The third-order valence-electron chi connectivity index (χ3n) is 2.51. The van der Waals surface area contributed by atoms with Crippen LogP contribution in [0.5, 0.6) is 5.75 Å². The van der Waals surface area contributed by atoms with Crippen LogP contribution in [0.2, 0.25) is 0 Å². The minimum Gasteiger partial charge on any atom is -0.423 e. The molecular weight excluding hydrogens is 240 g/mol. The third-order valence-corrected chi connectivity index (χ3v) is 2.51. The number of carbonyl (C=O) groups excluding carboxylic acids is 1. The van der Waals surface area contributed by atoms with Gasteiger partial charge in [0.25, 0.3) is 0 Å². The topological polar surface area (TPSA) is 76.2 Å². The number of nitrogens with two attached hydrogens (primary N) is 1. The lowest BCUT2D eigenvalue weighted by molar-refractivity contribution is 0.0734. The summed E-state index contributed by atoms with van der Waals surface area (Å²) < 4.78 is 5.24. The van der Waals surface area contributed by atoms with E-state index in [0.29, 0.717) is 17.7 Å². The summed E-state index contributed by atoms with van der Waals surface area (Å²) in [5, 5.41) is 7.25. The van der Waals surface area contributed by atoms with Gasteiger partial charge in [-0.1, -0.05) is 30.3 Å². The summed E-state index contributed by atoms with van der Waals surface area (Å²) in [4.78, 5) is 11.9. The van der Waals surface area contributed by atoms with Crippen LogP contribution in [-0.2, 0) is 6.42 Å². The molecule has 3 N–H and O–H groups in total. The number of amidine groups is 1. The average Bonchev–Trinajstić information content (AvgIpc) is 2.39. The summed E-state index contributed by atoms with van der Waals surface area (Å²) in [5.74, 6) is 0.148. The molecule has 0 saturated heterocycles. The summed E-state index contributed by atoms with van der Waals surface area (Å²) in [6, 6.07) is 15.8. The summed E-state index contributed by atoms with van der Waals surface area (Å²) in [7, 11) is 0. The molecule has 2 rings (SSSR count). The van der Waals surface area contributed by atoms with Crippen LogP contribution in [0.4, 0.5) is 0 Å². The molecule has 0 atom stereocenters. The lowest BCUT2D eigenvalue weighted by Gasteiger charge is -2.05. The maximum Gasteiger partial charge on any atom is 0.343 e. The predicted molar refractivity (Wildman–Crippen MR) is 73.5 cm³/mol. The number of hydrogen-bond acceptors (Lipinski definition) is 3. The van der Waals surface area contributed by atoms with Gasteiger partial charge in [-0.25, -0.2) is 4.79 Å². The molecule has 4 nitrogen and oxygen atoms in total. The van der Waals surface area contributed by atoms with Gasteiger partial charge in [-0.15, -0.1) is 0 Å². The molecule has 0 aliphatic rings. The normalized spacial score (nSPS) is 9.89. The Bertz CT molecular complexity index is 594. The van der Waals surface area contributed by atoms with E-state index in [9.17, 15) is 4.79 Å². The van der Waals surface area contributed by atoms with Gasteiger partial charge in [0.15, 0.2) is 0 Å². The monoisotopic (exact) mass is 254 g/mol. The van der Waals surface area contributed by atoms with Crippen molar-refractivity contribution < 1.29 is 9.53 Å². The van der Waals surface area contributed by atoms with Crippen molar-refractivity contribution in [2.75, 3.05) is 0 Å². The number of hydrogen-bond donors (Lipinski definition) is 2. The average molecular weight is 254 g/mol. The van der Waals surface area contributed by atoms with Crippen molar-refractivity contribution in [3.8, 4) is 5.75 Å². The highest BCUT2D eigenvalue weighted by Gasteiger charge is 2.09. The first kappa shape index (κ1) is 12.8. The van der Waals surface area contributed by atoms with Crippen LogP contribution in [-0.4, -0.2) is 11.8 Å². The van der Waals surface area contributed by atoms with Gasteiger partial charge in [0.1, 0.15) is 5.75 Å². The van der Waals surface area contributed by atoms with Crippen LogP contribution < -0.4 is 10.5 Å². The lowest BCUT2D eigenvalue weighted by Crippen LogP contribution is -2.14. The molecule has 2 aromatic rings. The predicted octanol–water partition coefficient (Wildman–Crippen LogP) is 2.38. The van der Waals surface area contributed by atoms with Gasteiger partial charge in [-0.2, -0.15) is 0 Å². The first-order valence-corrected chi connectivity index (χ1v) is 5.84. The van der Waals surface area contributed by atoms with E-state index >= 15 is 0 Å². The molecule has 19 heavy (non-hydrogen) atoms. The van der Waals surface area contributed by atoms with Gasteiger partial charge in [-0.05, 0) is 29.8 Å². The van der Waals surface area contributed by atoms with Crippen molar-refractivity contribution >= 4 is 11.8 Å². The second-order valence-corrected chi connectivity index (χ2v) is 4.10. The number of benzene rings is 2. The molecule has 96 valence electrons. The summed E-state index contributed by atoms with van der Waals surface area (Å²) in [6.07, 6.45) is 0.326. The van der Waals surface area contributed by atoms with Gasteiger partial charge >= 0.3 is 5.97 Å². The second kappa shape index (κ2) is 5.82. The Hall–Kier alpha value is -2.62. The van der Waals surface area contributed by atoms with Gasteiger partial charge < -0.3 is 10.5 Å². The van der Waals surface area contributed by atoms with Crippen molar-refractivity contribution in [1.29, 1.82) is 5.41 Å². The molecular formula is C15H14N2O2. The number of para-hydroxylation sites is 1. The molecule has 2 aromatic carbocycles. The van der Waals surface area contributed by atoms with Crippen LogP contribution in [0, 0.1) is 5.41 Å². The largest absolute Gasteiger partial charge is 0.423 e. The van der Waals surface area contributed by atoms with E-state index in [1.165, 1.54) is 0 Å². The summed E-state index contributed by atoms with van der Waals surface area (Å²) >= 11 is 0. The molecule has 0 aromatic heterocycles. The molecule has 0 bridgehead atoms. The molecule has 0 heterocycles. The van der Waals surface area contributed by atoms with Crippen molar-refractivity contribution in [1.82, 2.24) is 0 Å². The molecule has 0 fully saturated rings. The van der Waals surface area contributed by atoms with Crippen LogP contribution in [0.3, 0.4) is 0 Å². The van der Waals surface area contributed by atoms with E-state index in [0.717, 1.165) is 5.56 Å². The Kier molecular flexibility index (Phi) is 3.93. The number of ether oxygens (including phenoxy) is 1. The molecule has 0 saturated carbocycles. The number of esters is 1. The second-order valence-electron chi connectivity index (χ2n) is 4.10. The summed E-state index contributed by atoms with van der Waals surface area (Å²) in [6.45, 7) is 0. The van der Waals surface area contributed by atoms with Crippen LogP contribution in [0.15, 0.2) is 54.6 Å². The first-order chi connectivity index (χ1) is 9.15. The Morgan fingerprint density at radius 3 is 2.53 bits per heavy atom. The Morgan fingerprint density at radius 1 is 1.11 bits per heavy atom. The highest BCUT2D eigenvalue weighted by molar-refractivity contribution is 5.91. The van der Waals surface area contributed by atoms with Crippen molar-refractivity contribution in [3.63, 3.8) is 0 Å². The van der Waals surface area contributed by atoms with Gasteiger partial charge in [0.2, 0.25) is 0 Å². The first-order valence-electron chi connectivity index (χ1n) is 5.84. The zero-order valence-corrected chi connectivity index (χ0v) is 10.3. The zero-order chi connectivity index (χ0) is 13.7. The molecule has 0 spiro atoms. The number of nitrogens with one attached hydrogen (secondary N) is 1. The maximum atomic E-state index is 11.9. The SMILES string of the molecule is N=C(N)Cc1cccc(C(=O)Oc2ccccc2)c1. The number of rotatable bonds is 4. The van der Waals surface area contributed by atoms with E-state index in [1.54, 1.807) is 42.5 Å². The Morgan fingerprint density at radius 2 is 1.84 bits per heavy atom. The standard InChI is InChI=1S/C15H14N2O2/c16-14(17)10-11-5-4-6-12(9-11)15(18)19-13-7-2-1-3-8-13/h1-9H,10H2,(H3,16,17). The van der Waals surface area contributed by atoms with E-state index in [1.807, 2.05) is 12.1 Å². The van der Waals surface area contributed by atoms with E-state index in [2.05, 4.69) is 0 Å². The molecule has 4 heteroatoms. The Labute approximate surface area is 111 Å². The van der Waals surface area contributed by atoms with Gasteiger partial charge in [-0.3, -0.25) is 5.41 Å². The Balaban J connectivity index is 2.13. The van der Waals surface area contributed by atoms with Crippen molar-refractivity contribution in [3.05, 3.63) is 65.7 Å². The number of carbonyl (C=O) groups is 1. The molecule has 0 radical (unpaired) electrons.